The fourth-order valence-electron chi connectivity index (χ4n) is 4.18. The van der Waals surface area contributed by atoms with E-state index in [1.54, 1.807) is 39.0 Å². The van der Waals surface area contributed by atoms with Crippen molar-refractivity contribution in [3.05, 3.63) is 53.1 Å². The highest BCUT2D eigenvalue weighted by Gasteiger charge is 2.58. The summed E-state index contributed by atoms with van der Waals surface area (Å²) in [6, 6.07) is 7.25. The van der Waals surface area contributed by atoms with E-state index in [-0.39, 0.29) is 19.8 Å². The van der Waals surface area contributed by atoms with Gasteiger partial charge in [0.1, 0.15) is 0 Å². The summed E-state index contributed by atoms with van der Waals surface area (Å²) in [5.74, 6) is -1.76. The molecule has 0 spiro atoms. The Morgan fingerprint density at radius 3 is 2.06 bits per heavy atom. The summed E-state index contributed by atoms with van der Waals surface area (Å²) in [4.78, 5) is 39.0. The summed E-state index contributed by atoms with van der Waals surface area (Å²) >= 11 is 0. The number of rotatable bonds is 12. The maximum Gasteiger partial charge on any atom is 0.332 e. The smallest absolute Gasteiger partial charge is 0.332 e. The van der Waals surface area contributed by atoms with Crippen LogP contribution in [0.2, 0.25) is 0 Å². The maximum absolute atomic E-state index is 13.5. The van der Waals surface area contributed by atoms with Crippen LogP contribution >= 0.6 is 0 Å². The molecule has 0 N–H and O–H groups in total. The summed E-state index contributed by atoms with van der Waals surface area (Å²) in [5.41, 5.74) is 0.868. The molecule has 6 heteroatoms. The van der Waals surface area contributed by atoms with Gasteiger partial charge < -0.3 is 14.2 Å². The molecule has 1 aromatic carbocycles. The monoisotopic (exact) mass is 442 g/mol. The predicted molar refractivity (Wildman–Crippen MR) is 123 cm³/mol. The molecule has 0 unspecified atom stereocenters. The third kappa shape index (κ3) is 5.12. The number of ether oxygens (including phenoxy) is 3. The molecule has 0 radical (unpaired) electrons. The van der Waals surface area contributed by atoms with Crippen molar-refractivity contribution in [1.82, 2.24) is 0 Å². The van der Waals surface area contributed by atoms with Crippen LogP contribution in [0.3, 0.4) is 0 Å². The molecule has 0 bridgehead atoms. The van der Waals surface area contributed by atoms with Gasteiger partial charge in [0, 0.05) is 6.08 Å². The highest BCUT2D eigenvalue weighted by atomic mass is 16.6. The molecule has 0 aromatic heterocycles. The number of fused-ring (bicyclic) bond motifs is 1. The van der Waals surface area contributed by atoms with E-state index in [4.69, 9.17) is 14.2 Å². The van der Waals surface area contributed by atoms with Crippen molar-refractivity contribution in [2.45, 2.75) is 65.2 Å². The first-order chi connectivity index (χ1) is 15.5. The third-order valence-electron chi connectivity index (χ3n) is 5.52. The summed E-state index contributed by atoms with van der Waals surface area (Å²) in [7, 11) is 0. The van der Waals surface area contributed by atoms with Crippen LogP contribution in [0.4, 0.5) is 0 Å². The van der Waals surface area contributed by atoms with E-state index in [1.807, 2.05) is 12.1 Å². The SMILES string of the molecule is CCCCCCC1=C(/C=C/C(=O)OCC)c2ccccc2C1(C(=O)OCC)C(=O)OCC. The molecule has 1 aliphatic carbocycles. The number of allylic oxidation sites excluding steroid dienone is 2. The minimum Gasteiger partial charge on any atom is -0.465 e. The lowest BCUT2D eigenvalue weighted by atomic mass is 9.75. The van der Waals surface area contributed by atoms with Crippen LogP contribution in [0.25, 0.3) is 5.57 Å². The highest BCUT2D eigenvalue weighted by molar-refractivity contribution is 6.16. The molecular weight excluding hydrogens is 408 g/mol. The van der Waals surface area contributed by atoms with Crippen LogP contribution < -0.4 is 0 Å². The number of unbranched alkanes of at least 4 members (excludes halogenated alkanes) is 3. The van der Waals surface area contributed by atoms with Crippen molar-refractivity contribution >= 4 is 23.5 Å². The van der Waals surface area contributed by atoms with Gasteiger partial charge in [-0.3, -0.25) is 9.59 Å². The van der Waals surface area contributed by atoms with Gasteiger partial charge in [0.05, 0.1) is 19.8 Å². The summed E-state index contributed by atoms with van der Waals surface area (Å²) < 4.78 is 15.9. The quantitative estimate of drug-likeness (QED) is 0.150. The standard InChI is InChI=1S/C26H34O6/c1-5-9-10-11-15-22-20(17-18-23(27)30-6-2)19-14-12-13-16-21(19)26(22,24(28)31-7-3)25(29)32-8-4/h12-14,16-18H,5-11,15H2,1-4H3/b18-17+. The van der Waals surface area contributed by atoms with Crippen molar-refractivity contribution < 1.29 is 28.6 Å². The van der Waals surface area contributed by atoms with Crippen molar-refractivity contribution in [1.29, 1.82) is 0 Å². The zero-order chi connectivity index (χ0) is 23.6. The first-order valence-electron chi connectivity index (χ1n) is 11.5. The molecule has 0 saturated carbocycles. The highest BCUT2D eigenvalue weighted by Crippen LogP contribution is 2.50. The second kappa shape index (κ2) is 12.2. The molecule has 32 heavy (non-hydrogen) atoms. The van der Waals surface area contributed by atoms with E-state index in [0.717, 1.165) is 31.2 Å². The molecule has 0 heterocycles. The normalized spacial score (nSPS) is 14.4. The summed E-state index contributed by atoms with van der Waals surface area (Å²) in [5, 5.41) is 0. The van der Waals surface area contributed by atoms with Gasteiger partial charge in [-0.05, 0) is 62.0 Å². The van der Waals surface area contributed by atoms with Gasteiger partial charge in [0.2, 0.25) is 5.41 Å². The van der Waals surface area contributed by atoms with Crippen LogP contribution in [0, 0.1) is 0 Å². The van der Waals surface area contributed by atoms with Crippen molar-refractivity contribution in [3.63, 3.8) is 0 Å². The van der Waals surface area contributed by atoms with Crippen molar-refractivity contribution in [2.24, 2.45) is 0 Å². The average molecular weight is 443 g/mol. The lowest BCUT2D eigenvalue weighted by Crippen LogP contribution is -2.46. The van der Waals surface area contributed by atoms with E-state index in [0.29, 0.717) is 23.1 Å². The summed E-state index contributed by atoms with van der Waals surface area (Å²) in [6.07, 6.45) is 7.38. The molecule has 1 aromatic rings. The number of carbonyl (C=O) groups excluding carboxylic acids is 3. The van der Waals surface area contributed by atoms with Gasteiger partial charge in [-0.25, -0.2) is 4.79 Å². The molecular formula is C26H34O6. The first-order valence-corrected chi connectivity index (χ1v) is 11.5. The lowest BCUT2D eigenvalue weighted by molar-refractivity contribution is -0.162. The molecule has 0 aliphatic heterocycles. The summed E-state index contributed by atoms with van der Waals surface area (Å²) in [6.45, 7) is 7.83. The van der Waals surface area contributed by atoms with Crippen LogP contribution in [0.15, 0.2) is 42.0 Å². The Hall–Kier alpha value is -2.89. The minimum atomic E-state index is -1.68. The predicted octanol–water partition coefficient (Wildman–Crippen LogP) is 4.91. The van der Waals surface area contributed by atoms with E-state index >= 15 is 0 Å². The Kier molecular flexibility index (Phi) is 9.69. The number of hydrogen-bond donors (Lipinski definition) is 0. The van der Waals surface area contributed by atoms with E-state index in [2.05, 4.69) is 6.92 Å². The van der Waals surface area contributed by atoms with E-state index in [9.17, 15) is 14.4 Å². The fraction of sp³-hybridized carbons (Fsp3) is 0.500. The largest absolute Gasteiger partial charge is 0.465 e. The Bertz CT molecular complexity index is 862. The molecule has 6 nitrogen and oxygen atoms in total. The first kappa shape index (κ1) is 25.4. The maximum atomic E-state index is 13.5. The van der Waals surface area contributed by atoms with Crippen molar-refractivity contribution in [2.75, 3.05) is 19.8 Å². The van der Waals surface area contributed by atoms with Gasteiger partial charge >= 0.3 is 17.9 Å². The number of benzene rings is 1. The Morgan fingerprint density at radius 2 is 1.47 bits per heavy atom. The van der Waals surface area contributed by atoms with Gasteiger partial charge in [-0.1, -0.05) is 50.5 Å². The number of carbonyl (C=O) groups is 3. The van der Waals surface area contributed by atoms with Crippen LogP contribution in [0.5, 0.6) is 0 Å². The second-order valence-corrected chi connectivity index (χ2v) is 7.52. The Morgan fingerprint density at radius 1 is 0.844 bits per heavy atom. The molecule has 0 fully saturated rings. The van der Waals surface area contributed by atoms with Gasteiger partial charge in [-0.15, -0.1) is 0 Å². The van der Waals surface area contributed by atoms with Gasteiger partial charge in [0.15, 0.2) is 0 Å². The molecule has 2 rings (SSSR count). The van der Waals surface area contributed by atoms with Crippen molar-refractivity contribution in [3.8, 4) is 0 Å². The van der Waals surface area contributed by atoms with Crippen LogP contribution in [-0.4, -0.2) is 37.7 Å². The lowest BCUT2D eigenvalue weighted by Gasteiger charge is -2.29. The Balaban J connectivity index is 2.74. The fourth-order valence-corrected chi connectivity index (χ4v) is 4.18. The zero-order valence-corrected chi connectivity index (χ0v) is 19.6. The van der Waals surface area contributed by atoms with Crippen LogP contribution in [-0.2, 0) is 34.0 Å². The molecule has 1 aliphatic rings. The average Bonchev–Trinajstić information content (AvgIpc) is 3.06. The van der Waals surface area contributed by atoms with Crippen LogP contribution in [0.1, 0.15) is 70.9 Å². The molecule has 0 saturated heterocycles. The van der Waals surface area contributed by atoms with E-state index < -0.39 is 23.3 Å². The minimum absolute atomic E-state index is 0.138. The van der Waals surface area contributed by atoms with Gasteiger partial charge in [-0.2, -0.15) is 0 Å². The molecule has 0 amide bonds. The van der Waals surface area contributed by atoms with E-state index in [1.165, 1.54) is 6.08 Å². The zero-order valence-electron chi connectivity index (χ0n) is 19.6. The third-order valence-corrected chi connectivity index (χ3v) is 5.52. The topological polar surface area (TPSA) is 78.9 Å². The molecule has 174 valence electrons. The second-order valence-electron chi connectivity index (χ2n) is 7.52. The van der Waals surface area contributed by atoms with Gasteiger partial charge in [0.25, 0.3) is 0 Å². The Labute approximate surface area is 190 Å². The number of esters is 3. The number of hydrogen-bond acceptors (Lipinski definition) is 6. The molecule has 0 atom stereocenters.